The smallest absolute Gasteiger partial charge is 0.0294 e. The van der Waals surface area contributed by atoms with Crippen LogP contribution in [0.25, 0.3) is 0 Å². The van der Waals surface area contributed by atoms with Crippen molar-refractivity contribution in [2.24, 2.45) is 0 Å². The van der Waals surface area contributed by atoms with E-state index in [9.17, 15) is 0 Å². The molecule has 0 aliphatic heterocycles. The first kappa shape index (κ1) is 14.8. The molecule has 1 nitrogen and oxygen atoms in total. The maximum Gasteiger partial charge on any atom is 0.0294 e. The monoisotopic (exact) mass is 343 g/mol. The van der Waals surface area contributed by atoms with E-state index in [0.717, 1.165) is 10.4 Å². The zero-order valence-electron chi connectivity index (χ0n) is 12.6. The molecule has 0 amide bonds. The summed E-state index contributed by atoms with van der Waals surface area (Å²) in [5.74, 6) is 0.735. The Morgan fingerprint density at radius 1 is 1.10 bits per heavy atom. The van der Waals surface area contributed by atoms with E-state index in [-0.39, 0.29) is 0 Å². The molecule has 0 unspecified atom stereocenters. The van der Waals surface area contributed by atoms with Gasteiger partial charge in [0.1, 0.15) is 0 Å². The van der Waals surface area contributed by atoms with Crippen molar-refractivity contribution >= 4 is 15.9 Å². The molecule has 1 aliphatic carbocycles. The lowest BCUT2D eigenvalue weighted by Gasteiger charge is -2.39. The van der Waals surface area contributed by atoms with Crippen LogP contribution >= 0.6 is 15.9 Å². The predicted molar refractivity (Wildman–Crippen MR) is 92.6 cm³/mol. The first-order valence-corrected chi connectivity index (χ1v) is 8.50. The lowest BCUT2D eigenvalue weighted by Crippen LogP contribution is -2.41. The molecule has 21 heavy (non-hydrogen) atoms. The Kier molecular flexibility index (Phi) is 4.46. The van der Waals surface area contributed by atoms with Gasteiger partial charge in [0.25, 0.3) is 0 Å². The molecular weight excluding hydrogens is 322 g/mol. The van der Waals surface area contributed by atoms with Crippen molar-refractivity contribution in [1.29, 1.82) is 0 Å². The Morgan fingerprint density at radius 3 is 2.57 bits per heavy atom. The number of aryl methyl sites for hydroxylation is 1. The summed E-state index contributed by atoms with van der Waals surface area (Å²) in [7, 11) is 0. The van der Waals surface area contributed by atoms with Gasteiger partial charge in [-0.3, -0.25) is 0 Å². The highest BCUT2D eigenvalue weighted by Gasteiger charge is 2.31. The molecule has 1 atom stereocenters. The molecule has 0 aromatic heterocycles. The third-order valence-electron chi connectivity index (χ3n) is 4.60. The summed E-state index contributed by atoms with van der Waals surface area (Å²) < 4.78 is 1.15. The number of rotatable bonds is 4. The van der Waals surface area contributed by atoms with Crippen LogP contribution in [-0.4, -0.2) is 6.04 Å². The van der Waals surface area contributed by atoms with E-state index in [4.69, 9.17) is 0 Å². The Hall–Kier alpha value is -1.12. The van der Waals surface area contributed by atoms with Crippen LogP contribution in [0.2, 0.25) is 0 Å². The maximum atomic E-state index is 3.76. The van der Waals surface area contributed by atoms with Crippen molar-refractivity contribution in [2.45, 2.75) is 44.7 Å². The molecule has 1 fully saturated rings. The molecular formula is C19H22BrN. The molecule has 0 heterocycles. The molecule has 1 saturated carbocycles. The summed E-state index contributed by atoms with van der Waals surface area (Å²) in [6.07, 6.45) is 2.51. The lowest BCUT2D eigenvalue weighted by molar-refractivity contribution is 0.270. The van der Waals surface area contributed by atoms with Crippen molar-refractivity contribution in [3.63, 3.8) is 0 Å². The van der Waals surface area contributed by atoms with Crippen LogP contribution in [0, 0.1) is 6.92 Å². The van der Waals surface area contributed by atoms with Crippen molar-refractivity contribution in [3.05, 3.63) is 69.7 Å². The van der Waals surface area contributed by atoms with E-state index in [1.807, 2.05) is 0 Å². The lowest BCUT2D eigenvalue weighted by atomic mass is 9.74. The Bertz CT molecular complexity index is 616. The van der Waals surface area contributed by atoms with Crippen LogP contribution in [0.3, 0.4) is 0 Å². The maximum absolute atomic E-state index is 3.76. The minimum absolute atomic E-state index is 0.408. The van der Waals surface area contributed by atoms with Crippen molar-refractivity contribution in [1.82, 2.24) is 5.32 Å². The highest BCUT2D eigenvalue weighted by atomic mass is 79.9. The molecule has 2 aromatic carbocycles. The molecule has 2 aromatic rings. The third-order valence-corrected chi connectivity index (χ3v) is 5.09. The van der Waals surface area contributed by atoms with Crippen LogP contribution in [-0.2, 0) is 0 Å². The molecule has 3 rings (SSSR count). The van der Waals surface area contributed by atoms with Gasteiger partial charge >= 0.3 is 0 Å². The summed E-state index contributed by atoms with van der Waals surface area (Å²) in [6.45, 7) is 4.48. The first-order valence-electron chi connectivity index (χ1n) is 7.70. The van der Waals surface area contributed by atoms with Gasteiger partial charge in [-0.25, -0.2) is 0 Å². The van der Waals surface area contributed by atoms with Crippen LogP contribution in [0.4, 0.5) is 0 Å². The summed E-state index contributed by atoms with van der Waals surface area (Å²) in [4.78, 5) is 0. The van der Waals surface area contributed by atoms with Gasteiger partial charge in [-0.2, -0.15) is 0 Å². The third kappa shape index (κ3) is 3.38. The van der Waals surface area contributed by atoms with E-state index in [1.165, 1.54) is 29.5 Å². The molecule has 1 N–H and O–H groups in total. The van der Waals surface area contributed by atoms with Gasteiger partial charge in [-0.1, -0.05) is 52.3 Å². The highest BCUT2D eigenvalue weighted by molar-refractivity contribution is 9.10. The van der Waals surface area contributed by atoms with Crippen molar-refractivity contribution < 1.29 is 0 Å². The van der Waals surface area contributed by atoms with Gasteiger partial charge in [0, 0.05) is 16.6 Å². The largest absolute Gasteiger partial charge is 0.307 e. The number of hydrogen-bond donors (Lipinski definition) is 1. The molecule has 0 radical (unpaired) electrons. The summed E-state index contributed by atoms with van der Waals surface area (Å²) in [5.41, 5.74) is 4.32. The average molecular weight is 344 g/mol. The summed E-state index contributed by atoms with van der Waals surface area (Å²) in [5, 5.41) is 3.76. The van der Waals surface area contributed by atoms with E-state index < -0.39 is 0 Å². The second-order valence-electron chi connectivity index (χ2n) is 6.17. The standard InChI is InChI=1S/C19H22BrN/c1-13-6-3-4-9-19(13)16-11-18(12-16)21-14(2)15-7-5-8-17(20)10-15/h3-10,14,16,18,21H,11-12H2,1-2H3/t14-,16?,18?/m1/s1. The van der Waals surface area contributed by atoms with Crippen LogP contribution in [0.1, 0.15) is 48.4 Å². The molecule has 1 aliphatic rings. The molecule has 0 spiro atoms. The van der Waals surface area contributed by atoms with Crippen LogP contribution in [0.5, 0.6) is 0 Å². The van der Waals surface area contributed by atoms with Crippen molar-refractivity contribution in [3.8, 4) is 0 Å². The van der Waals surface area contributed by atoms with Crippen LogP contribution in [0.15, 0.2) is 53.0 Å². The van der Waals surface area contributed by atoms with Gasteiger partial charge in [0.05, 0.1) is 0 Å². The highest BCUT2D eigenvalue weighted by Crippen LogP contribution is 2.39. The summed E-state index contributed by atoms with van der Waals surface area (Å²) in [6, 6.07) is 18.4. The quantitative estimate of drug-likeness (QED) is 0.788. The number of hydrogen-bond acceptors (Lipinski definition) is 1. The fourth-order valence-corrected chi connectivity index (χ4v) is 3.70. The number of nitrogens with one attached hydrogen (secondary N) is 1. The van der Waals surface area contributed by atoms with Crippen molar-refractivity contribution in [2.75, 3.05) is 0 Å². The second-order valence-corrected chi connectivity index (χ2v) is 7.08. The van der Waals surface area contributed by atoms with Gasteiger partial charge in [-0.05, 0) is 61.4 Å². The molecule has 2 heteroatoms. The SMILES string of the molecule is Cc1ccccc1C1CC(N[C@H](C)c2cccc(Br)c2)C1. The van der Waals surface area contributed by atoms with Gasteiger partial charge < -0.3 is 5.32 Å². The number of benzene rings is 2. The van der Waals surface area contributed by atoms with E-state index in [2.05, 4.69) is 83.6 Å². The van der Waals surface area contributed by atoms with E-state index in [0.29, 0.717) is 12.1 Å². The number of halogens is 1. The fourth-order valence-electron chi connectivity index (χ4n) is 3.28. The van der Waals surface area contributed by atoms with E-state index in [1.54, 1.807) is 0 Å². The minimum atomic E-state index is 0.408. The van der Waals surface area contributed by atoms with Gasteiger partial charge in [-0.15, -0.1) is 0 Å². The zero-order valence-corrected chi connectivity index (χ0v) is 14.2. The normalized spacial score (nSPS) is 22.6. The Morgan fingerprint density at radius 2 is 1.86 bits per heavy atom. The summed E-state index contributed by atoms with van der Waals surface area (Å²) >= 11 is 3.55. The topological polar surface area (TPSA) is 12.0 Å². The Balaban J connectivity index is 1.56. The fraction of sp³-hybridized carbons (Fsp3) is 0.368. The van der Waals surface area contributed by atoms with Gasteiger partial charge in [0.2, 0.25) is 0 Å². The second kappa shape index (κ2) is 6.33. The Labute approximate surface area is 135 Å². The van der Waals surface area contributed by atoms with Gasteiger partial charge in [0.15, 0.2) is 0 Å². The predicted octanol–water partition coefficient (Wildman–Crippen LogP) is 5.35. The molecule has 110 valence electrons. The van der Waals surface area contributed by atoms with Crippen LogP contribution < -0.4 is 5.32 Å². The average Bonchev–Trinajstić information content (AvgIpc) is 2.43. The van der Waals surface area contributed by atoms with E-state index >= 15 is 0 Å². The minimum Gasteiger partial charge on any atom is -0.307 e. The molecule has 0 bridgehead atoms. The zero-order chi connectivity index (χ0) is 14.8. The molecule has 0 saturated heterocycles. The first-order chi connectivity index (χ1) is 10.1.